The Bertz CT molecular complexity index is 850. The maximum absolute atomic E-state index is 12.3. The Hall–Kier alpha value is -2.58. The fraction of sp³-hybridized carbons (Fsp3) is 0.278. The molecule has 2 rings (SSSR count). The van der Waals surface area contributed by atoms with Gasteiger partial charge in [0.2, 0.25) is 0 Å². The third-order valence-corrected chi connectivity index (χ3v) is 5.47. The van der Waals surface area contributed by atoms with Crippen LogP contribution in [0.15, 0.2) is 48.5 Å². The molecule has 0 aromatic heterocycles. The minimum atomic E-state index is -3.64. The first-order valence-corrected chi connectivity index (χ1v) is 9.67. The second-order valence-electron chi connectivity index (χ2n) is 5.43. The van der Waals surface area contributed by atoms with E-state index in [1.165, 1.54) is 17.5 Å². The number of anilines is 2. The van der Waals surface area contributed by atoms with Crippen molar-refractivity contribution < 1.29 is 17.9 Å². The Labute approximate surface area is 154 Å². The first-order chi connectivity index (χ1) is 12.4. The molecule has 0 bridgehead atoms. The molecule has 0 spiro atoms. The molecule has 8 heteroatoms. The summed E-state index contributed by atoms with van der Waals surface area (Å²) < 4.78 is 33.7. The van der Waals surface area contributed by atoms with Gasteiger partial charge in [-0.05, 0) is 24.3 Å². The number of hydrogen-bond acceptors (Lipinski definition) is 4. The summed E-state index contributed by atoms with van der Waals surface area (Å²) >= 11 is 0. The molecule has 2 N–H and O–H groups in total. The summed E-state index contributed by atoms with van der Waals surface area (Å²) in [5, 5.41) is 2.76. The van der Waals surface area contributed by atoms with E-state index in [4.69, 9.17) is 4.74 Å². The van der Waals surface area contributed by atoms with Gasteiger partial charge < -0.3 is 10.1 Å². The van der Waals surface area contributed by atoms with Gasteiger partial charge in [-0.1, -0.05) is 32.0 Å². The topological polar surface area (TPSA) is 87.7 Å². The molecule has 0 atom stereocenters. The van der Waals surface area contributed by atoms with Gasteiger partial charge in [0.15, 0.2) is 0 Å². The van der Waals surface area contributed by atoms with Crippen molar-refractivity contribution in [2.24, 2.45) is 0 Å². The smallest absolute Gasteiger partial charge is 0.301 e. The van der Waals surface area contributed by atoms with Crippen LogP contribution < -0.4 is 14.8 Å². The second kappa shape index (κ2) is 8.68. The summed E-state index contributed by atoms with van der Waals surface area (Å²) in [5.41, 5.74) is 1.32. The molecule has 0 saturated heterocycles. The number of nitrogens with zero attached hydrogens (tertiary/aromatic N) is 1. The van der Waals surface area contributed by atoms with Crippen LogP contribution in [-0.4, -0.2) is 38.8 Å². The number of methoxy groups -OCH3 is 1. The van der Waals surface area contributed by atoms with Crippen LogP contribution in [-0.2, 0) is 10.2 Å². The zero-order valence-corrected chi connectivity index (χ0v) is 15.8. The van der Waals surface area contributed by atoms with E-state index in [1.807, 2.05) is 6.07 Å². The van der Waals surface area contributed by atoms with Crippen molar-refractivity contribution in [3.05, 3.63) is 54.1 Å². The van der Waals surface area contributed by atoms with Crippen LogP contribution in [0.4, 0.5) is 11.4 Å². The molecule has 2 aromatic carbocycles. The molecule has 0 fully saturated rings. The largest absolute Gasteiger partial charge is 0.494 e. The fourth-order valence-electron chi connectivity index (χ4n) is 2.42. The Morgan fingerprint density at radius 2 is 1.73 bits per heavy atom. The van der Waals surface area contributed by atoms with Crippen molar-refractivity contribution in [2.45, 2.75) is 13.8 Å². The number of hydrogen-bond donors (Lipinski definition) is 2. The van der Waals surface area contributed by atoms with E-state index in [-0.39, 0.29) is 5.91 Å². The van der Waals surface area contributed by atoms with E-state index in [1.54, 1.807) is 50.2 Å². The Balaban J connectivity index is 2.21. The molecule has 0 radical (unpaired) electrons. The number of carbonyl (C=O) groups excluding carboxylic acids is 1. The zero-order valence-electron chi connectivity index (χ0n) is 15.0. The predicted octanol–water partition coefficient (Wildman–Crippen LogP) is 2.95. The van der Waals surface area contributed by atoms with Gasteiger partial charge in [-0.2, -0.15) is 12.7 Å². The van der Waals surface area contributed by atoms with Gasteiger partial charge in [0.05, 0.1) is 18.5 Å². The maximum atomic E-state index is 12.3. The predicted molar refractivity (Wildman–Crippen MR) is 103 cm³/mol. The summed E-state index contributed by atoms with van der Waals surface area (Å²) in [5.74, 6) is 0.0781. The highest BCUT2D eigenvalue weighted by atomic mass is 32.2. The van der Waals surface area contributed by atoms with Gasteiger partial charge in [0, 0.05) is 24.7 Å². The van der Waals surface area contributed by atoms with Crippen molar-refractivity contribution in [1.82, 2.24) is 4.31 Å². The molecule has 7 nitrogen and oxygen atoms in total. The Kier molecular flexibility index (Phi) is 6.59. The number of carbonyl (C=O) groups is 1. The molecular formula is C18H23N3O4S. The highest BCUT2D eigenvalue weighted by Crippen LogP contribution is 2.29. The van der Waals surface area contributed by atoms with Crippen LogP contribution in [0.3, 0.4) is 0 Å². The third-order valence-electron chi connectivity index (χ3n) is 3.78. The Morgan fingerprint density at radius 3 is 2.31 bits per heavy atom. The molecule has 0 unspecified atom stereocenters. The summed E-state index contributed by atoms with van der Waals surface area (Å²) in [6, 6.07) is 13.5. The van der Waals surface area contributed by atoms with E-state index < -0.39 is 10.2 Å². The highest BCUT2D eigenvalue weighted by Gasteiger charge is 2.19. The van der Waals surface area contributed by atoms with E-state index in [2.05, 4.69) is 10.0 Å². The first kappa shape index (κ1) is 19.7. The lowest BCUT2D eigenvalue weighted by Crippen LogP contribution is -2.35. The number of ether oxygens (including phenoxy) is 1. The minimum absolute atomic E-state index is 0.277. The normalized spacial score (nSPS) is 11.2. The SMILES string of the molecule is CCN(CC)S(=O)(=O)Nc1ccc(NC(=O)c2ccccc2)c(OC)c1. The number of nitrogens with one attached hydrogen (secondary N) is 2. The molecule has 0 saturated carbocycles. The van der Waals surface area contributed by atoms with Gasteiger partial charge in [0.1, 0.15) is 5.75 Å². The Morgan fingerprint density at radius 1 is 1.08 bits per heavy atom. The minimum Gasteiger partial charge on any atom is -0.494 e. The van der Waals surface area contributed by atoms with Crippen LogP contribution in [0.1, 0.15) is 24.2 Å². The highest BCUT2D eigenvalue weighted by molar-refractivity contribution is 7.90. The van der Waals surface area contributed by atoms with Crippen molar-refractivity contribution in [3.8, 4) is 5.75 Å². The van der Waals surface area contributed by atoms with E-state index in [0.717, 1.165) is 0 Å². The molecule has 140 valence electrons. The molecule has 2 aromatic rings. The van der Waals surface area contributed by atoms with E-state index in [0.29, 0.717) is 35.8 Å². The van der Waals surface area contributed by atoms with Gasteiger partial charge >= 0.3 is 10.2 Å². The van der Waals surface area contributed by atoms with Crippen LogP contribution in [0.25, 0.3) is 0 Å². The number of amides is 1. The second-order valence-corrected chi connectivity index (χ2v) is 7.10. The number of benzene rings is 2. The van der Waals surface area contributed by atoms with Gasteiger partial charge in [0.25, 0.3) is 5.91 Å². The number of rotatable bonds is 8. The molecule has 0 aliphatic rings. The summed E-state index contributed by atoms with van der Waals surface area (Å²) in [4.78, 5) is 12.3. The van der Waals surface area contributed by atoms with Crippen LogP contribution in [0, 0.1) is 0 Å². The monoisotopic (exact) mass is 377 g/mol. The van der Waals surface area contributed by atoms with Crippen LogP contribution in [0.2, 0.25) is 0 Å². The molecule has 0 aliphatic carbocycles. The average Bonchev–Trinajstić information content (AvgIpc) is 2.64. The summed E-state index contributed by atoms with van der Waals surface area (Å²) in [6.45, 7) is 4.28. The summed E-state index contributed by atoms with van der Waals surface area (Å²) in [6.07, 6.45) is 0. The standard InChI is InChI=1S/C18H23N3O4S/c1-4-21(5-2)26(23,24)20-15-11-12-16(17(13-15)25-3)19-18(22)14-9-7-6-8-10-14/h6-13,20H,4-5H2,1-3H3,(H,19,22). The maximum Gasteiger partial charge on any atom is 0.301 e. The molecule has 1 amide bonds. The average molecular weight is 377 g/mol. The fourth-order valence-corrected chi connectivity index (χ4v) is 3.65. The van der Waals surface area contributed by atoms with Crippen molar-refractivity contribution in [3.63, 3.8) is 0 Å². The lowest BCUT2D eigenvalue weighted by molar-refractivity contribution is 0.102. The lowest BCUT2D eigenvalue weighted by Gasteiger charge is -2.20. The first-order valence-electron chi connectivity index (χ1n) is 8.23. The van der Waals surface area contributed by atoms with Crippen molar-refractivity contribution in [1.29, 1.82) is 0 Å². The van der Waals surface area contributed by atoms with Crippen LogP contribution in [0.5, 0.6) is 5.75 Å². The quantitative estimate of drug-likeness (QED) is 0.740. The van der Waals surface area contributed by atoms with E-state index in [9.17, 15) is 13.2 Å². The van der Waals surface area contributed by atoms with Crippen molar-refractivity contribution >= 4 is 27.5 Å². The van der Waals surface area contributed by atoms with Crippen LogP contribution >= 0.6 is 0 Å². The van der Waals surface area contributed by atoms with E-state index >= 15 is 0 Å². The lowest BCUT2D eigenvalue weighted by atomic mass is 10.2. The molecular weight excluding hydrogens is 354 g/mol. The summed E-state index contributed by atoms with van der Waals surface area (Å²) in [7, 11) is -2.18. The molecule has 26 heavy (non-hydrogen) atoms. The van der Waals surface area contributed by atoms with Gasteiger partial charge in [-0.25, -0.2) is 0 Å². The molecule has 0 aliphatic heterocycles. The van der Waals surface area contributed by atoms with Gasteiger partial charge in [-0.3, -0.25) is 9.52 Å². The van der Waals surface area contributed by atoms with Crippen molar-refractivity contribution in [2.75, 3.05) is 30.2 Å². The zero-order chi connectivity index (χ0) is 19.2. The molecule has 0 heterocycles. The van der Waals surface area contributed by atoms with Gasteiger partial charge in [-0.15, -0.1) is 0 Å². The third kappa shape index (κ3) is 4.74.